The van der Waals surface area contributed by atoms with Crippen molar-refractivity contribution in [3.63, 3.8) is 0 Å². The van der Waals surface area contributed by atoms with Crippen LogP contribution in [0.3, 0.4) is 0 Å². The van der Waals surface area contributed by atoms with E-state index < -0.39 is 17.6 Å². The van der Waals surface area contributed by atoms with E-state index in [9.17, 15) is 19.1 Å². The van der Waals surface area contributed by atoms with Crippen molar-refractivity contribution in [2.45, 2.75) is 53.1 Å². The first kappa shape index (κ1) is 25.2. The van der Waals surface area contributed by atoms with Gasteiger partial charge >= 0.3 is 5.97 Å². The van der Waals surface area contributed by atoms with Gasteiger partial charge in [0.15, 0.2) is 11.6 Å². The quantitative estimate of drug-likeness (QED) is 0.433. The summed E-state index contributed by atoms with van der Waals surface area (Å²) in [7, 11) is 0. The smallest absolute Gasteiger partial charge is 0.307 e. The molecule has 0 atom stereocenters. The Kier molecular flexibility index (Phi) is 6.44. The van der Waals surface area contributed by atoms with Crippen molar-refractivity contribution in [3.8, 4) is 16.9 Å². The number of halogens is 3. The molecule has 0 aromatic heterocycles. The fourth-order valence-electron chi connectivity index (χ4n) is 5.67. The lowest BCUT2D eigenvalue weighted by Crippen LogP contribution is -2.25. The summed E-state index contributed by atoms with van der Waals surface area (Å²) in [6, 6.07) is 5.31. The third-order valence-electron chi connectivity index (χ3n) is 7.58. The fraction of sp³-hybridized carbons (Fsp3) is 0.310. The minimum Gasteiger partial charge on any atom is -0.490 e. The number of ether oxygens (including phenoxy) is 1. The van der Waals surface area contributed by atoms with Crippen LogP contribution in [0.25, 0.3) is 11.1 Å². The zero-order valence-electron chi connectivity index (χ0n) is 20.8. The minimum absolute atomic E-state index is 0.130. The molecule has 1 amide bonds. The summed E-state index contributed by atoms with van der Waals surface area (Å²) in [5.41, 5.74) is 7.31. The summed E-state index contributed by atoms with van der Waals surface area (Å²) in [6.45, 7) is 6.72. The lowest BCUT2D eigenvalue weighted by Gasteiger charge is -2.25. The fourth-order valence-corrected chi connectivity index (χ4v) is 5.86. The SMILES string of the molecule is Cc1c(-c2c(C)c3c(c(C)c2CC(=O)O)CN(C(=O)c2ccc(F)c(Cl)c2)C3)cc(F)c2c1CCCO2. The second-order valence-corrected chi connectivity index (χ2v) is 10.1. The molecule has 0 fully saturated rings. The highest BCUT2D eigenvalue weighted by atomic mass is 35.5. The molecule has 192 valence electrons. The van der Waals surface area contributed by atoms with Crippen LogP contribution in [0.1, 0.15) is 55.7 Å². The highest BCUT2D eigenvalue weighted by Gasteiger charge is 2.32. The number of carbonyl (C=O) groups is 2. The Morgan fingerprint density at radius 1 is 1.00 bits per heavy atom. The van der Waals surface area contributed by atoms with Crippen LogP contribution in [0, 0.1) is 32.4 Å². The van der Waals surface area contributed by atoms with E-state index in [0.717, 1.165) is 45.9 Å². The van der Waals surface area contributed by atoms with Crippen molar-refractivity contribution in [1.29, 1.82) is 0 Å². The van der Waals surface area contributed by atoms with Gasteiger partial charge in [-0.1, -0.05) is 11.6 Å². The standard InChI is InChI=1S/C29H26ClF2NO4/c1-14-18-5-4-8-37-28(18)25(32)10-19(14)27-16(3)22-13-33(12-21(22)15(2)20(27)11-26(34)35)29(36)17-6-7-24(31)23(30)9-17/h6-7,9-10H,4-5,8,11-13H2,1-3H3,(H,34,35). The molecule has 3 aromatic carbocycles. The van der Waals surface area contributed by atoms with Gasteiger partial charge in [0.25, 0.3) is 5.91 Å². The van der Waals surface area contributed by atoms with Crippen molar-refractivity contribution in [3.05, 3.63) is 85.4 Å². The number of benzene rings is 3. The number of nitrogens with zero attached hydrogens (tertiary/aromatic N) is 1. The van der Waals surface area contributed by atoms with Gasteiger partial charge < -0.3 is 14.7 Å². The van der Waals surface area contributed by atoms with Crippen molar-refractivity contribution < 1.29 is 28.2 Å². The Hall–Kier alpha value is -3.45. The average Bonchev–Trinajstić information content (AvgIpc) is 3.32. The first-order chi connectivity index (χ1) is 17.6. The maximum absolute atomic E-state index is 15.2. The van der Waals surface area contributed by atoms with E-state index in [-0.39, 0.29) is 35.2 Å². The summed E-state index contributed by atoms with van der Waals surface area (Å²) in [6.07, 6.45) is 1.24. The topological polar surface area (TPSA) is 66.8 Å². The second kappa shape index (κ2) is 9.45. The number of rotatable bonds is 4. The van der Waals surface area contributed by atoms with Crippen LogP contribution in [-0.2, 0) is 30.7 Å². The van der Waals surface area contributed by atoms with Gasteiger partial charge in [0.2, 0.25) is 0 Å². The van der Waals surface area contributed by atoms with Crippen LogP contribution >= 0.6 is 11.6 Å². The number of carboxylic acid groups (broad SMARTS) is 1. The van der Waals surface area contributed by atoms with E-state index in [0.29, 0.717) is 36.3 Å². The molecule has 0 aliphatic carbocycles. The summed E-state index contributed by atoms with van der Waals surface area (Å²) >= 11 is 5.90. The molecule has 0 spiro atoms. The lowest BCUT2D eigenvalue weighted by atomic mass is 9.81. The highest BCUT2D eigenvalue weighted by Crippen LogP contribution is 2.44. The zero-order chi connectivity index (χ0) is 26.6. The summed E-state index contributed by atoms with van der Waals surface area (Å²) < 4.78 is 34.4. The Balaban J connectivity index is 1.65. The predicted molar refractivity (Wildman–Crippen MR) is 136 cm³/mol. The minimum atomic E-state index is -0.991. The molecule has 0 bridgehead atoms. The maximum Gasteiger partial charge on any atom is 0.307 e. The summed E-state index contributed by atoms with van der Waals surface area (Å²) in [5.74, 6) is -2.08. The Morgan fingerprint density at radius 3 is 2.38 bits per heavy atom. The van der Waals surface area contributed by atoms with E-state index in [4.69, 9.17) is 16.3 Å². The number of fused-ring (bicyclic) bond motifs is 2. The van der Waals surface area contributed by atoms with Crippen LogP contribution in [0.15, 0.2) is 24.3 Å². The van der Waals surface area contributed by atoms with Gasteiger partial charge in [0.05, 0.1) is 18.1 Å². The molecule has 0 radical (unpaired) electrons. The molecule has 37 heavy (non-hydrogen) atoms. The third kappa shape index (κ3) is 4.25. The molecule has 5 nitrogen and oxygen atoms in total. The monoisotopic (exact) mass is 525 g/mol. The molecule has 0 saturated heterocycles. The van der Waals surface area contributed by atoms with Gasteiger partial charge in [-0.25, -0.2) is 8.78 Å². The molecular formula is C29H26ClF2NO4. The van der Waals surface area contributed by atoms with Crippen LogP contribution < -0.4 is 4.74 Å². The van der Waals surface area contributed by atoms with Crippen LogP contribution in [0.5, 0.6) is 5.75 Å². The molecule has 2 aliphatic rings. The molecule has 2 heterocycles. The molecular weight excluding hydrogens is 500 g/mol. The van der Waals surface area contributed by atoms with E-state index in [1.807, 2.05) is 20.8 Å². The average molecular weight is 526 g/mol. The van der Waals surface area contributed by atoms with Crippen molar-refractivity contribution >= 4 is 23.5 Å². The van der Waals surface area contributed by atoms with E-state index in [2.05, 4.69) is 0 Å². The molecule has 0 saturated carbocycles. The first-order valence-corrected chi connectivity index (χ1v) is 12.5. The molecule has 8 heteroatoms. The number of amides is 1. The maximum atomic E-state index is 15.2. The molecule has 1 N–H and O–H groups in total. The highest BCUT2D eigenvalue weighted by molar-refractivity contribution is 6.31. The molecule has 2 aliphatic heterocycles. The number of hydrogen-bond donors (Lipinski definition) is 1. The molecule has 0 unspecified atom stereocenters. The normalized spacial score (nSPS) is 14.3. The molecule has 5 rings (SSSR count). The van der Waals surface area contributed by atoms with E-state index in [1.54, 1.807) is 4.90 Å². The second-order valence-electron chi connectivity index (χ2n) is 9.71. The summed E-state index contributed by atoms with van der Waals surface area (Å²) in [5, 5.41) is 9.62. The van der Waals surface area contributed by atoms with E-state index in [1.165, 1.54) is 18.2 Å². The number of hydrogen-bond acceptors (Lipinski definition) is 3. The Labute approximate surface area is 218 Å². The first-order valence-electron chi connectivity index (χ1n) is 12.1. The van der Waals surface area contributed by atoms with Gasteiger partial charge in [0, 0.05) is 24.2 Å². The number of carboxylic acids is 1. The predicted octanol–water partition coefficient (Wildman–Crippen LogP) is 6.32. The van der Waals surface area contributed by atoms with Gasteiger partial charge in [0.1, 0.15) is 5.82 Å². The number of carbonyl (C=O) groups excluding carboxylic acids is 1. The summed E-state index contributed by atoms with van der Waals surface area (Å²) in [4.78, 5) is 26.8. The third-order valence-corrected chi connectivity index (χ3v) is 7.87. The van der Waals surface area contributed by atoms with Crippen LogP contribution in [0.4, 0.5) is 8.78 Å². The van der Waals surface area contributed by atoms with Gasteiger partial charge in [-0.2, -0.15) is 0 Å². The van der Waals surface area contributed by atoms with E-state index >= 15 is 4.39 Å². The van der Waals surface area contributed by atoms with Gasteiger partial charge in [-0.05, 0) is 102 Å². The molecule has 3 aromatic rings. The van der Waals surface area contributed by atoms with Gasteiger partial charge in [-0.3, -0.25) is 9.59 Å². The lowest BCUT2D eigenvalue weighted by molar-refractivity contribution is -0.136. The van der Waals surface area contributed by atoms with Crippen molar-refractivity contribution in [1.82, 2.24) is 4.90 Å². The van der Waals surface area contributed by atoms with Crippen molar-refractivity contribution in [2.75, 3.05) is 6.61 Å². The Bertz CT molecular complexity index is 1480. The van der Waals surface area contributed by atoms with Gasteiger partial charge in [-0.15, -0.1) is 0 Å². The Morgan fingerprint density at radius 2 is 1.70 bits per heavy atom. The van der Waals surface area contributed by atoms with Crippen molar-refractivity contribution in [2.24, 2.45) is 0 Å². The number of aliphatic carboxylic acids is 1. The van der Waals surface area contributed by atoms with Crippen LogP contribution in [0.2, 0.25) is 5.02 Å². The largest absolute Gasteiger partial charge is 0.490 e. The zero-order valence-corrected chi connectivity index (χ0v) is 21.6. The van der Waals surface area contributed by atoms with Crippen LogP contribution in [-0.4, -0.2) is 28.5 Å².